The Bertz CT molecular complexity index is 310. The molecule has 3 fully saturated rings. The van der Waals surface area contributed by atoms with E-state index in [-0.39, 0.29) is 0 Å². The number of carbonyl (C=O) groups is 1. The van der Waals surface area contributed by atoms with E-state index in [9.17, 15) is 4.79 Å². The number of fused-ring (bicyclic) bond motifs is 1. The topological polar surface area (TPSA) is 37.3 Å². The predicted molar refractivity (Wildman–Crippen MR) is 52.7 cm³/mol. The molecular weight excluding hydrogens is 176 g/mol. The van der Waals surface area contributed by atoms with Gasteiger partial charge < -0.3 is 5.11 Å². The van der Waals surface area contributed by atoms with Gasteiger partial charge in [-0.1, -0.05) is 12.5 Å². The molecule has 3 saturated carbocycles. The van der Waals surface area contributed by atoms with Crippen LogP contribution in [0.4, 0.5) is 0 Å². The molecule has 76 valence electrons. The van der Waals surface area contributed by atoms with Crippen LogP contribution in [0.3, 0.4) is 0 Å². The molecule has 3 aliphatic carbocycles. The van der Waals surface area contributed by atoms with Crippen LogP contribution < -0.4 is 0 Å². The Hall–Kier alpha value is -0.790. The van der Waals surface area contributed by atoms with Crippen LogP contribution in [0.5, 0.6) is 0 Å². The average molecular weight is 192 g/mol. The molecule has 3 rings (SSSR count). The Morgan fingerprint density at radius 2 is 2.21 bits per heavy atom. The first kappa shape index (κ1) is 8.51. The summed E-state index contributed by atoms with van der Waals surface area (Å²) in [6, 6.07) is 0. The van der Waals surface area contributed by atoms with Crippen molar-refractivity contribution in [3.63, 3.8) is 0 Å². The number of hydrogen-bond acceptors (Lipinski definition) is 1. The van der Waals surface area contributed by atoms with Gasteiger partial charge in [-0.25, -0.2) is 4.79 Å². The standard InChI is InChI=1S/C12H16O2/c1-6-7-2-3-8-9(5-11(13)14)10(4-7)12(6)8/h5-8,10,12H,2-4H2,1H3,(H,13,14)/t6-,7-,8+,10?,12?/m0/s1. The van der Waals surface area contributed by atoms with Crippen LogP contribution >= 0.6 is 0 Å². The first-order valence-corrected chi connectivity index (χ1v) is 5.63. The summed E-state index contributed by atoms with van der Waals surface area (Å²) in [5, 5.41) is 8.79. The number of aliphatic carboxylic acids is 1. The molecule has 0 heterocycles. The molecule has 1 N–H and O–H groups in total. The zero-order valence-electron chi connectivity index (χ0n) is 8.44. The Labute approximate surface area is 84.0 Å². The number of rotatable bonds is 1. The molecule has 2 nitrogen and oxygen atoms in total. The minimum Gasteiger partial charge on any atom is -0.478 e. The van der Waals surface area contributed by atoms with Gasteiger partial charge in [-0.3, -0.25) is 0 Å². The van der Waals surface area contributed by atoms with Gasteiger partial charge in [-0.05, 0) is 48.9 Å². The van der Waals surface area contributed by atoms with Gasteiger partial charge in [0.1, 0.15) is 0 Å². The quantitative estimate of drug-likeness (QED) is 0.647. The maximum Gasteiger partial charge on any atom is 0.328 e. The predicted octanol–water partition coefficient (Wildman–Crippen LogP) is 2.31. The lowest BCUT2D eigenvalue weighted by Crippen LogP contribution is -2.41. The van der Waals surface area contributed by atoms with Crippen molar-refractivity contribution in [1.29, 1.82) is 0 Å². The van der Waals surface area contributed by atoms with Gasteiger partial charge in [-0.15, -0.1) is 0 Å². The molecule has 0 radical (unpaired) electrons. The van der Waals surface area contributed by atoms with Gasteiger partial charge in [0, 0.05) is 6.08 Å². The van der Waals surface area contributed by atoms with E-state index < -0.39 is 5.97 Å². The molecule has 0 saturated heterocycles. The maximum atomic E-state index is 10.7. The van der Waals surface area contributed by atoms with E-state index in [1.54, 1.807) is 0 Å². The van der Waals surface area contributed by atoms with Crippen molar-refractivity contribution < 1.29 is 9.90 Å². The molecular formula is C12H16O2. The van der Waals surface area contributed by atoms with E-state index in [2.05, 4.69) is 6.92 Å². The minimum absolute atomic E-state index is 0.629. The summed E-state index contributed by atoms with van der Waals surface area (Å²) in [5.74, 6) is 3.09. The van der Waals surface area contributed by atoms with E-state index >= 15 is 0 Å². The number of carboxylic acid groups (broad SMARTS) is 1. The van der Waals surface area contributed by atoms with Crippen LogP contribution in [-0.2, 0) is 4.79 Å². The fraction of sp³-hybridized carbons (Fsp3) is 0.750. The molecule has 5 atom stereocenters. The van der Waals surface area contributed by atoms with E-state index in [4.69, 9.17) is 5.11 Å². The second-order valence-corrected chi connectivity index (χ2v) is 5.21. The van der Waals surface area contributed by atoms with Crippen LogP contribution in [0.15, 0.2) is 11.6 Å². The van der Waals surface area contributed by atoms with Gasteiger partial charge in [0.15, 0.2) is 0 Å². The van der Waals surface area contributed by atoms with E-state index in [0.29, 0.717) is 11.8 Å². The fourth-order valence-corrected chi connectivity index (χ4v) is 4.25. The van der Waals surface area contributed by atoms with E-state index in [1.807, 2.05) is 0 Å². The van der Waals surface area contributed by atoms with E-state index in [1.165, 1.54) is 30.9 Å². The van der Waals surface area contributed by atoms with Crippen molar-refractivity contribution in [2.45, 2.75) is 26.2 Å². The normalized spacial score (nSPS) is 51.8. The molecule has 14 heavy (non-hydrogen) atoms. The highest BCUT2D eigenvalue weighted by Crippen LogP contribution is 2.65. The second kappa shape index (κ2) is 2.62. The smallest absolute Gasteiger partial charge is 0.328 e. The third-order valence-corrected chi connectivity index (χ3v) is 4.83. The Kier molecular flexibility index (Phi) is 1.59. The zero-order valence-corrected chi connectivity index (χ0v) is 8.44. The third kappa shape index (κ3) is 0.891. The van der Waals surface area contributed by atoms with Crippen LogP contribution in [-0.4, -0.2) is 11.1 Å². The van der Waals surface area contributed by atoms with E-state index in [0.717, 1.165) is 17.8 Å². The van der Waals surface area contributed by atoms with Crippen molar-refractivity contribution >= 4 is 5.97 Å². The van der Waals surface area contributed by atoms with Crippen molar-refractivity contribution in [3.8, 4) is 0 Å². The minimum atomic E-state index is -0.749. The third-order valence-electron chi connectivity index (χ3n) is 4.83. The summed E-state index contributed by atoms with van der Waals surface area (Å²) in [4.78, 5) is 10.7. The molecule has 0 aromatic rings. The Morgan fingerprint density at radius 3 is 2.93 bits per heavy atom. The summed E-state index contributed by atoms with van der Waals surface area (Å²) < 4.78 is 0. The monoisotopic (exact) mass is 192 g/mol. The van der Waals surface area contributed by atoms with Gasteiger partial charge in [-0.2, -0.15) is 0 Å². The van der Waals surface area contributed by atoms with Crippen molar-refractivity contribution in [3.05, 3.63) is 11.6 Å². The van der Waals surface area contributed by atoms with Gasteiger partial charge in [0.05, 0.1) is 0 Å². The number of allylic oxidation sites excluding steroid dienone is 1. The van der Waals surface area contributed by atoms with Crippen molar-refractivity contribution in [2.75, 3.05) is 0 Å². The first-order chi connectivity index (χ1) is 6.68. The fourth-order valence-electron chi connectivity index (χ4n) is 4.25. The van der Waals surface area contributed by atoms with Gasteiger partial charge in [0.25, 0.3) is 0 Å². The molecule has 0 spiro atoms. The highest BCUT2D eigenvalue weighted by Gasteiger charge is 2.57. The molecule has 2 heteroatoms. The van der Waals surface area contributed by atoms with Crippen LogP contribution in [0.2, 0.25) is 0 Å². The average Bonchev–Trinajstić information content (AvgIpc) is 2.31. The molecule has 0 aliphatic heterocycles. The molecule has 0 aromatic carbocycles. The Balaban J connectivity index is 1.92. The highest BCUT2D eigenvalue weighted by molar-refractivity contribution is 5.81. The second-order valence-electron chi connectivity index (χ2n) is 5.21. The zero-order chi connectivity index (χ0) is 9.87. The SMILES string of the molecule is C[C@@H]1C2C3C[C@@H]1CC[C@@H]2C3=CC(=O)O. The van der Waals surface area contributed by atoms with Crippen LogP contribution in [0, 0.1) is 29.6 Å². The summed E-state index contributed by atoms with van der Waals surface area (Å²) in [6.07, 6.45) is 5.33. The molecule has 2 bridgehead atoms. The van der Waals surface area contributed by atoms with Gasteiger partial charge >= 0.3 is 5.97 Å². The van der Waals surface area contributed by atoms with Gasteiger partial charge in [0.2, 0.25) is 0 Å². The Morgan fingerprint density at radius 1 is 1.43 bits per heavy atom. The lowest BCUT2D eigenvalue weighted by atomic mass is 9.57. The molecule has 2 unspecified atom stereocenters. The largest absolute Gasteiger partial charge is 0.478 e. The summed E-state index contributed by atoms with van der Waals surface area (Å²) >= 11 is 0. The number of hydrogen-bond donors (Lipinski definition) is 1. The van der Waals surface area contributed by atoms with Crippen molar-refractivity contribution in [2.24, 2.45) is 29.6 Å². The van der Waals surface area contributed by atoms with Crippen LogP contribution in [0.25, 0.3) is 0 Å². The highest BCUT2D eigenvalue weighted by atomic mass is 16.4. The van der Waals surface area contributed by atoms with Crippen LogP contribution in [0.1, 0.15) is 26.2 Å². The molecule has 0 aromatic heterocycles. The number of carboxylic acids is 1. The summed E-state index contributed by atoms with van der Waals surface area (Å²) in [6.45, 7) is 2.36. The maximum absolute atomic E-state index is 10.7. The lowest BCUT2D eigenvalue weighted by molar-refractivity contribution is -0.131. The lowest BCUT2D eigenvalue weighted by Gasteiger charge is -2.47. The molecule has 3 aliphatic rings. The molecule has 0 amide bonds. The summed E-state index contributed by atoms with van der Waals surface area (Å²) in [5.41, 5.74) is 1.26. The summed E-state index contributed by atoms with van der Waals surface area (Å²) in [7, 11) is 0. The van der Waals surface area contributed by atoms with Crippen molar-refractivity contribution in [1.82, 2.24) is 0 Å². The first-order valence-electron chi connectivity index (χ1n) is 5.63.